The van der Waals surface area contributed by atoms with Crippen LogP contribution < -0.4 is 10.6 Å². The number of carbonyl (C=O) groups excluding carboxylic acids is 1. The van der Waals surface area contributed by atoms with Crippen LogP contribution in [0.2, 0.25) is 5.02 Å². The lowest BCUT2D eigenvalue weighted by atomic mass is 10.2. The third-order valence-electron chi connectivity index (χ3n) is 2.39. The van der Waals surface area contributed by atoms with Gasteiger partial charge in [0, 0.05) is 30.3 Å². The van der Waals surface area contributed by atoms with Gasteiger partial charge >= 0.3 is 12.0 Å². The highest BCUT2D eigenvalue weighted by Gasteiger charge is 2.19. The number of carboxylic acids is 1. The van der Waals surface area contributed by atoms with Crippen molar-refractivity contribution in [2.45, 2.75) is 12.5 Å². The SMILES string of the molecule is COCCC(NC(=O)Nc1ccc(Cl)c(Br)c1)C(=O)O. The zero-order valence-electron chi connectivity index (χ0n) is 10.7. The molecule has 1 atom stereocenters. The average Bonchev–Trinajstić information content (AvgIpc) is 2.38. The van der Waals surface area contributed by atoms with Gasteiger partial charge in [0.05, 0.1) is 5.02 Å². The predicted octanol–water partition coefficient (Wildman–Crippen LogP) is 2.71. The number of rotatable bonds is 6. The van der Waals surface area contributed by atoms with Gasteiger partial charge in [-0.3, -0.25) is 0 Å². The summed E-state index contributed by atoms with van der Waals surface area (Å²) in [6, 6.07) is 3.22. The monoisotopic (exact) mass is 364 g/mol. The Balaban J connectivity index is 2.60. The molecule has 0 radical (unpaired) electrons. The summed E-state index contributed by atoms with van der Waals surface area (Å²) in [5.74, 6) is -1.12. The molecule has 0 aliphatic carbocycles. The van der Waals surface area contributed by atoms with E-state index in [9.17, 15) is 9.59 Å². The molecule has 2 amide bonds. The van der Waals surface area contributed by atoms with Crippen molar-refractivity contribution in [3.63, 3.8) is 0 Å². The number of anilines is 1. The van der Waals surface area contributed by atoms with Crippen molar-refractivity contribution >= 4 is 45.2 Å². The Morgan fingerprint density at radius 3 is 2.75 bits per heavy atom. The number of hydrogen-bond acceptors (Lipinski definition) is 3. The number of carboxylic acid groups (broad SMARTS) is 1. The van der Waals surface area contributed by atoms with Crippen LogP contribution in [0.4, 0.5) is 10.5 Å². The molecule has 0 fully saturated rings. The van der Waals surface area contributed by atoms with Crippen molar-refractivity contribution in [1.29, 1.82) is 0 Å². The van der Waals surface area contributed by atoms with E-state index >= 15 is 0 Å². The quantitative estimate of drug-likeness (QED) is 0.723. The number of hydrogen-bond donors (Lipinski definition) is 3. The summed E-state index contributed by atoms with van der Waals surface area (Å²) in [5.41, 5.74) is 0.495. The zero-order chi connectivity index (χ0) is 15.1. The number of benzene rings is 1. The highest BCUT2D eigenvalue weighted by Crippen LogP contribution is 2.25. The van der Waals surface area contributed by atoms with Crippen molar-refractivity contribution in [2.75, 3.05) is 19.0 Å². The standard InChI is InChI=1S/C12H14BrClN2O4/c1-20-5-4-10(11(17)18)16-12(19)15-7-2-3-9(14)8(13)6-7/h2-3,6,10H,4-5H2,1H3,(H,17,18)(H2,15,16,19). The smallest absolute Gasteiger partial charge is 0.326 e. The zero-order valence-corrected chi connectivity index (χ0v) is 13.0. The minimum Gasteiger partial charge on any atom is -0.480 e. The lowest BCUT2D eigenvalue weighted by Gasteiger charge is -2.15. The molecule has 20 heavy (non-hydrogen) atoms. The summed E-state index contributed by atoms with van der Waals surface area (Å²) in [6.07, 6.45) is 0.184. The molecule has 1 unspecified atom stereocenters. The van der Waals surface area contributed by atoms with E-state index in [4.69, 9.17) is 21.4 Å². The average molecular weight is 366 g/mol. The van der Waals surface area contributed by atoms with E-state index < -0.39 is 18.0 Å². The molecule has 8 heteroatoms. The molecule has 0 spiro atoms. The highest BCUT2D eigenvalue weighted by molar-refractivity contribution is 9.10. The normalized spacial score (nSPS) is 11.8. The number of carbonyl (C=O) groups is 2. The number of ether oxygens (including phenoxy) is 1. The Morgan fingerprint density at radius 2 is 2.20 bits per heavy atom. The third-order valence-corrected chi connectivity index (χ3v) is 3.61. The van der Waals surface area contributed by atoms with Gasteiger partial charge in [-0.05, 0) is 34.1 Å². The van der Waals surface area contributed by atoms with Crippen LogP contribution >= 0.6 is 27.5 Å². The fourth-order valence-electron chi connectivity index (χ4n) is 1.39. The Kier molecular flexibility index (Phi) is 6.77. The second kappa shape index (κ2) is 8.08. The molecule has 0 aliphatic rings. The van der Waals surface area contributed by atoms with Crippen molar-refractivity contribution < 1.29 is 19.4 Å². The van der Waals surface area contributed by atoms with Gasteiger partial charge < -0.3 is 20.5 Å². The molecule has 1 rings (SSSR count). The second-order valence-corrected chi connectivity index (χ2v) is 5.16. The third kappa shape index (κ3) is 5.36. The molecule has 0 aliphatic heterocycles. The van der Waals surface area contributed by atoms with Crippen LogP contribution in [0.25, 0.3) is 0 Å². The summed E-state index contributed by atoms with van der Waals surface area (Å²) in [7, 11) is 1.46. The molecular formula is C12H14BrClN2O4. The van der Waals surface area contributed by atoms with Gasteiger partial charge in [-0.1, -0.05) is 11.6 Å². The molecule has 110 valence electrons. The van der Waals surface area contributed by atoms with Crippen LogP contribution in [-0.2, 0) is 9.53 Å². The number of methoxy groups -OCH3 is 1. The summed E-state index contributed by atoms with van der Waals surface area (Å²) in [4.78, 5) is 22.7. The minimum atomic E-state index is -1.12. The van der Waals surface area contributed by atoms with Crippen LogP contribution in [0.1, 0.15) is 6.42 Å². The fraction of sp³-hybridized carbons (Fsp3) is 0.333. The minimum absolute atomic E-state index is 0.184. The van der Waals surface area contributed by atoms with Gasteiger partial charge in [0.15, 0.2) is 0 Å². The molecule has 0 saturated heterocycles. The van der Waals surface area contributed by atoms with Gasteiger partial charge in [0.1, 0.15) is 6.04 Å². The molecule has 3 N–H and O–H groups in total. The first-order valence-corrected chi connectivity index (χ1v) is 6.85. The lowest BCUT2D eigenvalue weighted by molar-refractivity contribution is -0.139. The van der Waals surface area contributed by atoms with Crippen LogP contribution in [0, 0.1) is 0 Å². The van der Waals surface area contributed by atoms with E-state index in [1.54, 1.807) is 18.2 Å². The van der Waals surface area contributed by atoms with Gasteiger partial charge in [0.2, 0.25) is 0 Å². The highest BCUT2D eigenvalue weighted by atomic mass is 79.9. The summed E-state index contributed by atoms with van der Waals surface area (Å²) in [5, 5.41) is 14.4. The lowest BCUT2D eigenvalue weighted by Crippen LogP contribution is -2.43. The largest absolute Gasteiger partial charge is 0.480 e. The number of halogens is 2. The summed E-state index contributed by atoms with van der Waals surface area (Å²) < 4.78 is 5.43. The summed E-state index contributed by atoms with van der Waals surface area (Å²) >= 11 is 9.06. The predicted molar refractivity (Wildman–Crippen MR) is 79.2 cm³/mol. The second-order valence-electron chi connectivity index (χ2n) is 3.90. The molecule has 0 saturated carbocycles. The Bertz CT molecular complexity index is 498. The van der Waals surface area contributed by atoms with Crippen molar-refractivity contribution in [2.24, 2.45) is 0 Å². The molecule has 1 aromatic rings. The number of amides is 2. The van der Waals surface area contributed by atoms with E-state index in [1.807, 2.05) is 0 Å². The van der Waals surface area contributed by atoms with E-state index in [0.29, 0.717) is 15.2 Å². The maximum atomic E-state index is 11.7. The van der Waals surface area contributed by atoms with E-state index in [0.717, 1.165) is 0 Å². The maximum Gasteiger partial charge on any atom is 0.326 e. The van der Waals surface area contributed by atoms with E-state index in [-0.39, 0.29) is 13.0 Å². The molecule has 0 aromatic heterocycles. The van der Waals surface area contributed by atoms with Gasteiger partial charge in [0.25, 0.3) is 0 Å². The number of aliphatic carboxylic acids is 1. The van der Waals surface area contributed by atoms with Crippen LogP contribution in [-0.4, -0.2) is 36.9 Å². The van der Waals surface area contributed by atoms with Gasteiger partial charge in [-0.25, -0.2) is 9.59 Å². The fourth-order valence-corrected chi connectivity index (χ4v) is 1.89. The Labute approximate surface area is 129 Å². The van der Waals surface area contributed by atoms with Crippen LogP contribution in [0.15, 0.2) is 22.7 Å². The van der Waals surface area contributed by atoms with Crippen molar-refractivity contribution in [3.05, 3.63) is 27.7 Å². The molecule has 6 nitrogen and oxygen atoms in total. The summed E-state index contributed by atoms with van der Waals surface area (Å²) in [6.45, 7) is 0.240. The topological polar surface area (TPSA) is 87.7 Å². The van der Waals surface area contributed by atoms with Crippen LogP contribution in [0.5, 0.6) is 0 Å². The van der Waals surface area contributed by atoms with Crippen LogP contribution in [0.3, 0.4) is 0 Å². The first-order chi connectivity index (χ1) is 9.43. The first kappa shape index (κ1) is 16.7. The molecule has 1 aromatic carbocycles. The molecule has 0 heterocycles. The first-order valence-electron chi connectivity index (χ1n) is 5.68. The number of urea groups is 1. The van der Waals surface area contributed by atoms with Gasteiger partial charge in [-0.15, -0.1) is 0 Å². The Hall–Kier alpha value is -1.31. The van der Waals surface area contributed by atoms with Gasteiger partial charge in [-0.2, -0.15) is 0 Å². The van der Waals surface area contributed by atoms with Crippen molar-refractivity contribution in [3.8, 4) is 0 Å². The molecule has 0 bridgehead atoms. The van der Waals surface area contributed by atoms with Crippen molar-refractivity contribution in [1.82, 2.24) is 5.32 Å². The Morgan fingerprint density at radius 1 is 1.50 bits per heavy atom. The van der Waals surface area contributed by atoms with E-state index in [1.165, 1.54) is 7.11 Å². The maximum absolute atomic E-state index is 11.7. The van der Waals surface area contributed by atoms with E-state index in [2.05, 4.69) is 26.6 Å². The number of nitrogens with one attached hydrogen (secondary N) is 2. The molecular weight excluding hydrogens is 351 g/mol.